The Morgan fingerprint density at radius 3 is 2.82 bits per heavy atom. The van der Waals surface area contributed by atoms with E-state index in [4.69, 9.17) is 9.47 Å². The van der Waals surface area contributed by atoms with Crippen molar-refractivity contribution in [1.82, 2.24) is 15.2 Å². The van der Waals surface area contributed by atoms with Crippen LogP contribution < -0.4 is 14.8 Å². The SMILES string of the molecule is CCOc1cc(OC)ncc1CNCC(=O)N1CCCCC1. The Morgan fingerprint density at radius 1 is 1.36 bits per heavy atom. The van der Waals surface area contributed by atoms with Crippen molar-refractivity contribution in [2.24, 2.45) is 0 Å². The fourth-order valence-corrected chi connectivity index (χ4v) is 2.54. The summed E-state index contributed by atoms with van der Waals surface area (Å²) in [5.41, 5.74) is 0.925. The molecule has 1 N–H and O–H groups in total. The first kappa shape index (κ1) is 16.5. The Labute approximate surface area is 131 Å². The zero-order valence-corrected chi connectivity index (χ0v) is 13.4. The van der Waals surface area contributed by atoms with Gasteiger partial charge in [-0.15, -0.1) is 0 Å². The Bertz CT molecular complexity index is 488. The molecule has 1 fully saturated rings. The number of carbonyl (C=O) groups is 1. The predicted molar refractivity (Wildman–Crippen MR) is 84.1 cm³/mol. The number of rotatable bonds is 7. The third kappa shape index (κ3) is 4.59. The molecule has 0 spiro atoms. The second-order valence-corrected chi connectivity index (χ2v) is 5.31. The lowest BCUT2D eigenvalue weighted by Crippen LogP contribution is -2.41. The fraction of sp³-hybridized carbons (Fsp3) is 0.625. The van der Waals surface area contributed by atoms with Crippen LogP contribution in [0.5, 0.6) is 11.6 Å². The molecule has 1 saturated heterocycles. The van der Waals surface area contributed by atoms with Gasteiger partial charge in [-0.05, 0) is 26.2 Å². The van der Waals surface area contributed by atoms with Gasteiger partial charge < -0.3 is 19.7 Å². The number of likely N-dealkylation sites (tertiary alicyclic amines) is 1. The monoisotopic (exact) mass is 307 g/mol. The van der Waals surface area contributed by atoms with E-state index in [2.05, 4.69) is 10.3 Å². The van der Waals surface area contributed by atoms with Crippen molar-refractivity contribution in [2.45, 2.75) is 32.7 Å². The van der Waals surface area contributed by atoms with Gasteiger partial charge in [-0.3, -0.25) is 4.79 Å². The number of ether oxygens (including phenoxy) is 2. The summed E-state index contributed by atoms with van der Waals surface area (Å²) in [6.07, 6.45) is 5.18. The van der Waals surface area contributed by atoms with Gasteiger partial charge in [-0.2, -0.15) is 0 Å². The minimum absolute atomic E-state index is 0.166. The summed E-state index contributed by atoms with van der Waals surface area (Å²) in [6.45, 7) is 5.17. The summed E-state index contributed by atoms with van der Waals surface area (Å²) in [5.74, 6) is 1.43. The maximum absolute atomic E-state index is 12.1. The number of methoxy groups -OCH3 is 1. The highest BCUT2D eigenvalue weighted by Crippen LogP contribution is 2.22. The van der Waals surface area contributed by atoms with Gasteiger partial charge in [-0.25, -0.2) is 4.98 Å². The van der Waals surface area contributed by atoms with Gasteiger partial charge in [0.2, 0.25) is 11.8 Å². The predicted octanol–water partition coefficient (Wildman–Crippen LogP) is 1.59. The van der Waals surface area contributed by atoms with E-state index in [9.17, 15) is 4.79 Å². The van der Waals surface area contributed by atoms with Crippen LogP contribution in [0.15, 0.2) is 12.3 Å². The van der Waals surface area contributed by atoms with Crippen LogP contribution in [0.3, 0.4) is 0 Å². The number of hydrogen-bond acceptors (Lipinski definition) is 5. The van der Waals surface area contributed by atoms with Gasteiger partial charge in [0, 0.05) is 37.5 Å². The molecule has 2 rings (SSSR count). The molecule has 0 bridgehead atoms. The zero-order chi connectivity index (χ0) is 15.8. The number of piperidine rings is 1. The first-order chi connectivity index (χ1) is 10.7. The Hall–Kier alpha value is -1.82. The molecular weight excluding hydrogens is 282 g/mol. The quantitative estimate of drug-likeness (QED) is 0.829. The van der Waals surface area contributed by atoms with Crippen molar-refractivity contribution in [3.05, 3.63) is 17.8 Å². The van der Waals surface area contributed by atoms with Gasteiger partial charge in [0.1, 0.15) is 5.75 Å². The molecule has 22 heavy (non-hydrogen) atoms. The molecule has 6 heteroatoms. The van der Waals surface area contributed by atoms with Crippen molar-refractivity contribution < 1.29 is 14.3 Å². The molecular formula is C16H25N3O3. The molecule has 0 atom stereocenters. The van der Waals surface area contributed by atoms with Crippen LogP contribution in [0.2, 0.25) is 0 Å². The third-order valence-corrected chi connectivity index (χ3v) is 3.73. The van der Waals surface area contributed by atoms with Crippen LogP contribution in [0.1, 0.15) is 31.7 Å². The average Bonchev–Trinajstić information content (AvgIpc) is 2.57. The normalized spacial score (nSPS) is 14.7. The Kier molecular flexibility index (Phi) is 6.45. The van der Waals surface area contributed by atoms with Gasteiger partial charge in [0.05, 0.1) is 20.3 Å². The standard InChI is InChI=1S/C16H25N3O3/c1-3-22-14-9-15(21-2)18-11-13(14)10-17-12-16(20)19-7-5-4-6-8-19/h9,11,17H,3-8,10,12H2,1-2H3. The molecule has 0 aliphatic carbocycles. The van der Waals surface area contributed by atoms with Crippen molar-refractivity contribution in [3.63, 3.8) is 0 Å². The highest BCUT2D eigenvalue weighted by molar-refractivity contribution is 5.78. The van der Waals surface area contributed by atoms with Crippen LogP contribution in [0.4, 0.5) is 0 Å². The molecule has 1 aromatic rings. The molecule has 0 radical (unpaired) electrons. The Balaban J connectivity index is 1.86. The van der Waals surface area contributed by atoms with Crippen molar-refractivity contribution >= 4 is 5.91 Å². The molecule has 6 nitrogen and oxygen atoms in total. The second-order valence-electron chi connectivity index (χ2n) is 5.31. The maximum Gasteiger partial charge on any atom is 0.236 e. The lowest BCUT2D eigenvalue weighted by atomic mass is 10.1. The lowest BCUT2D eigenvalue weighted by Gasteiger charge is -2.26. The number of aromatic nitrogens is 1. The fourth-order valence-electron chi connectivity index (χ4n) is 2.54. The van der Waals surface area contributed by atoms with Crippen LogP contribution in [0.25, 0.3) is 0 Å². The van der Waals surface area contributed by atoms with E-state index >= 15 is 0 Å². The van der Waals surface area contributed by atoms with E-state index in [1.807, 2.05) is 11.8 Å². The topological polar surface area (TPSA) is 63.7 Å². The average molecular weight is 307 g/mol. The van der Waals surface area contributed by atoms with Crippen LogP contribution in [-0.4, -0.2) is 49.1 Å². The molecule has 1 aliphatic rings. The van der Waals surface area contributed by atoms with E-state index < -0.39 is 0 Å². The van der Waals surface area contributed by atoms with Crippen molar-refractivity contribution in [3.8, 4) is 11.6 Å². The zero-order valence-electron chi connectivity index (χ0n) is 13.4. The van der Waals surface area contributed by atoms with Crippen LogP contribution in [0, 0.1) is 0 Å². The summed E-state index contributed by atoms with van der Waals surface area (Å²) >= 11 is 0. The van der Waals surface area contributed by atoms with Crippen LogP contribution in [-0.2, 0) is 11.3 Å². The lowest BCUT2D eigenvalue weighted by molar-refractivity contribution is -0.131. The Morgan fingerprint density at radius 2 is 2.14 bits per heavy atom. The van der Waals surface area contributed by atoms with E-state index in [0.29, 0.717) is 25.6 Å². The van der Waals surface area contributed by atoms with Crippen molar-refractivity contribution in [2.75, 3.05) is 33.4 Å². The second kappa shape index (κ2) is 8.58. The number of amides is 1. The number of pyridine rings is 1. The third-order valence-electron chi connectivity index (χ3n) is 3.73. The summed E-state index contributed by atoms with van der Waals surface area (Å²) in [7, 11) is 1.58. The smallest absolute Gasteiger partial charge is 0.236 e. The number of nitrogens with zero attached hydrogens (tertiary/aromatic N) is 2. The van der Waals surface area contributed by atoms with Gasteiger partial charge in [-0.1, -0.05) is 0 Å². The summed E-state index contributed by atoms with van der Waals surface area (Å²) in [5, 5.41) is 3.18. The van der Waals surface area contributed by atoms with E-state index in [1.54, 1.807) is 19.4 Å². The summed E-state index contributed by atoms with van der Waals surface area (Å²) in [6, 6.07) is 1.77. The van der Waals surface area contributed by atoms with E-state index in [-0.39, 0.29) is 5.91 Å². The first-order valence-corrected chi connectivity index (χ1v) is 7.88. The largest absolute Gasteiger partial charge is 0.493 e. The number of hydrogen-bond donors (Lipinski definition) is 1. The minimum atomic E-state index is 0.166. The maximum atomic E-state index is 12.1. The summed E-state index contributed by atoms with van der Waals surface area (Å²) in [4.78, 5) is 18.2. The first-order valence-electron chi connectivity index (χ1n) is 7.88. The molecule has 1 aromatic heterocycles. The molecule has 1 aliphatic heterocycles. The molecule has 0 aromatic carbocycles. The highest BCUT2D eigenvalue weighted by Gasteiger charge is 2.16. The van der Waals surface area contributed by atoms with Gasteiger partial charge in [0.25, 0.3) is 0 Å². The highest BCUT2D eigenvalue weighted by atomic mass is 16.5. The molecule has 0 saturated carbocycles. The van der Waals surface area contributed by atoms with E-state index in [1.165, 1.54) is 6.42 Å². The molecule has 122 valence electrons. The van der Waals surface area contributed by atoms with E-state index in [0.717, 1.165) is 37.2 Å². The molecule has 0 unspecified atom stereocenters. The minimum Gasteiger partial charge on any atom is -0.493 e. The van der Waals surface area contributed by atoms with Gasteiger partial charge >= 0.3 is 0 Å². The van der Waals surface area contributed by atoms with Crippen LogP contribution >= 0.6 is 0 Å². The number of carbonyl (C=O) groups excluding carboxylic acids is 1. The molecule has 2 heterocycles. The van der Waals surface area contributed by atoms with Gasteiger partial charge in [0.15, 0.2) is 0 Å². The summed E-state index contributed by atoms with van der Waals surface area (Å²) < 4.78 is 10.7. The van der Waals surface area contributed by atoms with Crippen molar-refractivity contribution in [1.29, 1.82) is 0 Å². The molecule has 1 amide bonds. The number of nitrogens with one attached hydrogen (secondary N) is 1.